The molecule has 1 aliphatic rings. The van der Waals surface area contributed by atoms with Crippen molar-refractivity contribution >= 4 is 0 Å². The first-order valence-electron chi connectivity index (χ1n) is 5.19. The van der Waals surface area contributed by atoms with E-state index in [1.54, 1.807) is 0 Å². The summed E-state index contributed by atoms with van der Waals surface area (Å²) in [5.74, 6) is 0. The molecule has 1 fully saturated rings. The molecule has 0 radical (unpaired) electrons. The Kier molecular flexibility index (Phi) is 11.7. The average Bonchev–Trinajstić information content (AvgIpc) is 2.51. The van der Waals surface area contributed by atoms with Gasteiger partial charge in [0, 0.05) is 12.6 Å². The van der Waals surface area contributed by atoms with E-state index < -0.39 is 6.17 Å². The summed E-state index contributed by atoms with van der Waals surface area (Å²) in [6, 6.07) is 0.0556. The molecule has 1 N–H and O–H groups in total. The van der Waals surface area contributed by atoms with Crippen molar-refractivity contribution in [1.29, 1.82) is 0 Å². The van der Waals surface area contributed by atoms with Crippen LogP contribution in [0.2, 0.25) is 0 Å². The van der Waals surface area contributed by atoms with E-state index in [2.05, 4.69) is 0 Å². The summed E-state index contributed by atoms with van der Waals surface area (Å²) in [7, 11) is 1.83. The first-order chi connectivity index (χ1) is 6.24. The van der Waals surface area contributed by atoms with E-state index in [9.17, 15) is 4.39 Å². The van der Waals surface area contributed by atoms with Crippen molar-refractivity contribution in [2.75, 3.05) is 20.2 Å². The van der Waals surface area contributed by atoms with Crippen molar-refractivity contribution in [3.8, 4) is 0 Å². The zero-order valence-corrected chi connectivity index (χ0v) is 9.55. The highest BCUT2D eigenvalue weighted by Gasteiger charge is 2.28. The van der Waals surface area contributed by atoms with Gasteiger partial charge in [-0.25, -0.2) is 4.39 Å². The molecule has 2 atom stereocenters. The molecule has 1 saturated heterocycles. The van der Waals surface area contributed by atoms with Gasteiger partial charge in [0.1, 0.15) is 6.17 Å². The average molecular weight is 193 g/mol. The van der Waals surface area contributed by atoms with Gasteiger partial charge >= 0.3 is 0 Å². The topological polar surface area (TPSA) is 23.5 Å². The van der Waals surface area contributed by atoms with Crippen LogP contribution < -0.4 is 0 Å². The Bertz CT molecular complexity index is 101. The molecular formula is C10H24FNO. The zero-order chi connectivity index (χ0) is 10.9. The number of rotatable bonds is 1. The molecule has 0 saturated carbocycles. The Hall–Kier alpha value is -0.150. The van der Waals surface area contributed by atoms with Crippen LogP contribution in [0.25, 0.3) is 0 Å². The molecular weight excluding hydrogens is 169 g/mol. The Labute approximate surface area is 81.7 Å². The summed E-state index contributed by atoms with van der Waals surface area (Å²) >= 11 is 0. The van der Waals surface area contributed by atoms with Crippen LogP contribution in [-0.4, -0.2) is 42.4 Å². The van der Waals surface area contributed by atoms with Gasteiger partial charge in [0.05, 0.1) is 6.61 Å². The highest BCUT2D eigenvalue weighted by Crippen LogP contribution is 2.17. The molecule has 3 heteroatoms. The van der Waals surface area contributed by atoms with Crippen molar-refractivity contribution in [2.24, 2.45) is 0 Å². The minimum atomic E-state index is -0.729. The van der Waals surface area contributed by atoms with Crippen molar-refractivity contribution in [2.45, 2.75) is 46.3 Å². The third-order valence-electron chi connectivity index (χ3n) is 1.85. The second kappa shape index (κ2) is 9.93. The van der Waals surface area contributed by atoms with Gasteiger partial charge in [-0.1, -0.05) is 27.7 Å². The second-order valence-corrected chi connectivity index (χ2v) is 2.61. The second-order valence-electron chi connectivity index (χ2n) is 2.61. The fourth-order valence-electron chi connectivity index (χ4n) is 1.23. The summed E-state index contributed by atoms with van der Waals surface area (Å²) in [5, 5.41) is 8.65. The minimum Gasteiger partial charge on any atom is -0.395 e. The maximum Gasteiger partial charge on any atom is 0.114 e. The van der Waals surface area contributed by atoms with Crippen LogP contribution in [0.3, 0.4) is 0 Å². The quantitative estimate of drug-likeness (QED) is 0.689. The molecule has 1 rings (SSSR count). The van der Waals surface area contributed by atoms with Crippen LogP contribution in [0.1, 0.15) is 34.1 Å². The molecule has 1 aliphatic heterocycles. The predicted molar refractivity (Wildman–Crippen MR) is 55.7 cm³/mol. The predicted octanol–water partition coefficient (Wildman–Crippen LogP) is 2.07. The number of likely N-dealkylation sites (N-methyl/N-ethyl adjacent to an activating group) is 1. The van der Waals surface area contributed by atoms with Crippen LogP contribution in [-0.2, 0) is 0 Å². The van der Waals surface area contributed by atoms with Crippen LogP contribution in [0.5, 0.6) is 0 Å². The molecule has 0 amide bonds. The molecule has 0 aliphatic carbocycles. The lowest BCUT2D eigenvalue weighted by molar-refractivity contribution is 0.182. The first-order valence-corrected chi connectivity index (χ1v) is 5.19. The lowest BCUT2D eigenvalue weighted by Crippen LogP contribution is -2.27. The van der Waals surface area contributed by atoms with E-state index in [4.69, 9.17) is 5.11 Å². The third-order valence-corrected chi connectivity index (χ3v) is 1.85. The summed E-state index contributed by atoms with van der Waals surface area (Å²) in [4.78, 5) is 1.85. The largest absolute Gasteiger partial charge is 0.395 e. The van der Waals surface area contributed by atoms with Gasteiger partial charge < -0.3 is 5.11 Å². The molecule has 0 spiro atoms. The van der Waals surface area contributed by atoms with Gasteiger partial charge in [0.25, 0.3) is 0 Å². The molecule has 2 unspecified atom stereocenters. The Morgan fingerprint density at radius 3 is 1.92 bits per heavy atom. The lowest BCUT2D eigenvalue weighted by Gasteiger charge is -2.14. The summed E-state index contributed by atoms with van der Waals surface area (Å²) < 4.78 is 12.5. The van der Waals surface area contributed by atoms with E-state index in [1.807, 2.05) is 39.6 Å². The molecule has 1 heterocycles. The van der Waals surface area contributed by atoms with E-state index in [0.717, 1.165) is 0 Å². The van der Waals surface area contributed by atoms with Crippen molar-refractivity contribution < 1.29 is 9.50 Å². The monoisotopic (exact) mass is 193 g/mol. The maximum absolute atomic E-state index is 12.5. The maximum atomic E-state index is 12.5. The van der Waals surface area contributed by atoms with Gasteiger partial charge in [-0.3, -0.25) is 4.90 Å². The normalized spacial score (nSPS) is 27.0. The zero-order valence-electron chi connectivity index (χ0n) is 9.55. The number of aliphatic hydroxyl groups is 1. The van der Waals surface area contributed by atoms with Gasteiger partial charge in [-0.15, -0.1) is 0 Å². The number of hydrogen-bond donors (Lipinski definition) is 1. The number of likely N-dealkylation sites (tertiary alicyclic amines) is 1. The highest BCUT2D eigenvalue weighted by atomic mass is 19.1. The number of halogens is 1. The van der Waals surface area contributed by atoms with Crippen molar-refractivity contribution in [3.05, 3.63) is 0 Å². The van der Waals surface area contributed by atoms with E-state index >= 15 is 0 Å². The van der Waals surface area contributed by atoms with E-state index in [1.165, 1.54) is 0 Å². The fourth-order valence-corrected chi connectivity index (χ4v) is 1.23. The van der Waals surface area contributed by atoms with Crippen molar-refractivity contribution in [1.82, 2.24) is 4.90 Å². The number of hydrogen-bond acceptors (Lipinski definition) is 2. The Morgan fingerprint density at radius 2 is 1.77 bits per heavy atom. The lowest BCUT2D eigenvalue weighted by atomic mass is 10.2. The summed E-state index contributed by atoms with van der Waals surface area (Å²) in [6.45, 7) is 8.56. The molecule has 0 aromatic carbocycles. The third kappa shape index (κ3) is 5.99. The number of nitrogens with zero attached hydrogens (tertiary/aromatic N) is 1. The smallest absolute Gasteiger partial charge is 0.114 e. The number of aliphatic hydroxyl groups excluding tert-OH is 1. The van der Waals surface area contributed by atoms with Gasteiger partial charge in [-0.2, -0.15) is 0 Å². The molecule has 2 nitrogen and oxygen atoms in total. The SMILES string of the molecule is CC.CC.CN1CC(F)CC1CO. The molecule has 82 valence electrons. The standard InChI is InChI=1S/C6H12FNO.2C2H6/c1-8-3-5(7)2-6(8)4-9;2*1-2/h5-6,9H,2-4H2,1H3;2*1-2H3. The van der Waals surface area contributed by atoms with E-state index in [0.29, 0.717) is 13.0 Å². The van der Waals surface area contributed by atoms with Crippen LogP contribution in [0.4, 0.5) is 4.39 Å². The Balaban J connectivity index is 0. The molecule has 0 bridgehead atoms. The highest BCUT2D eigenvalue weighted by molar-refractivity contribution is 4.81. The van der Waals surface area contributed by atoms with Crippen LogP contribution >= 0.6 is 0 Å². The summed E-state index contributed by atoms with van der Waals surface area (Å²) in [6.07, 6.45) is -0.236. The first kappa shape index (κ1) is 15.3. The number of alkyl halides is 1. The summed E-state index contributed by atoms with van der Waals surface area (Å²) in [5.41, 5.74) is 0. The van der Waals surface area contributed by atoms with E-state index in [-0.39, 0.29) is 12.6 Å². The Morgan fingerprint density at radius 1 is 1.31 bits per heavy atom. The van der Waals surface area contributed by atoms with Crippen LogP contribution in [0.15, 0.2) is 0 Å². The van der Waals surface area contributed by atoms with Gasteiger partial charge in [-0.05, 0) is 13.5 Å². The van der Waals surface area contributed by atoms with Crippen LogP contribution in [0, 0.1) is 0 Å². The molecule has 13 heavy (non-hydrogen) atoms. The van der Waals surface area contributed by atoms with Gasteiger partial charge in [0.2, 0.25) is 0 Å². The van der Waals surface area contributed by atoms with Crippen molar-refractivity contribution in [3.63, 3.8) is 0 Å². The fraction of sp³-hybridized carbons (Fsp3) is 1.00. The molecule has 0 aromatic heterocycles. The molecule has 0 aromatic rings. The van der Waals surface area contributed by atoms with Gasteiger partial charge in [0.15, 0.2) is 0 Å². The minimum absolute atomic E-state index is 0.0556.